The van der Waals surface area contributed by atoms with E-state index in [0.717, 1.165) is 5.56 Å². The molecule has 0 heterocycles. The van der Waals surface area contributed by atoms with Crippen molar-refractivity contribution in [3.63, 3.8) is 0 Å². The average Bonchev–Trinajstić information content (AvgIpc) is 2.55. The Bertz CT molecular complexity index is 814. The van der Waals surface area contributed by atoms with Crippen molar-refractivity contribution in [2.24, 2.45) is 0 Å². The summed E-state index contributed by atoms with van der Waals surface area (Å²) in [6.45, 7) is 1.91. The molecule has 0 fully saturated rings. The SMILES string of the molecule is CNC(=O)c1cc(S(=O)(=O)Nc2ccc(C)cc2)ccc1OC. The molecule has 2 aromatic carbocycles. The van der Waals surface area contributed by atoms with Gasteiger partial charge in [-0.1, -0.05) is 17.7 Å². The van der Waals surface area contributed by atoms with E-state index in [2.05, 4.69) is 10.0 Å². The van der Waals surface area contributed by atoms with Crippen LogP contribution in [0.2, 0.25) is 0 Å². The lowest BCUT2D eigenvalue weighted by molar-refractivity contribution is 0.0960. The number of nitrogens with one attached hydrogen (secondary N) is 2. The summed E-state index contributed by atoms with van der Waals surface area (Å²) in [4.78, 5) is 11.8. The standard InChI is InChI=1S/C16H18N2O4S/c1-11-4-6-12(7-5-11)18-23(20,21)13-8-9-15(22-3)14(10-13)16(19)17-2/h4-10,18H,1-3H3,(H,17,19). The number of ether oxygens (including phenoxy) is 1. The first-order valence-corrected chi connectivity index (χ1v) is 8.35. The molecule has 0 aliphatic heterocycles. The Morgan fingerprint density at radius 1 is 1.09 bits per heavy atom. The fraction of sp³-hybridized carbons (Fsp3) is 0.188. The van der Waals surface area contributed by atoms with E-state index >= 15 is 0 Å². The first kappa shape index (κ1) is 16.8. The normalized spacial score (nSPS) is 10.9. The van der Waals surface area contributed by atoms with E-state index in [-0.39, 0.29) is 10.5 Å². The summed E-state index contributed by atoms with van der Waals surface area (Å²) >= 11 is 0. The lowest BCUT2D eigenvalue weighted by Crippen LogP contribution is -2.20. The van der Waals surface area contributed by atoms with Gasteiger partial charge in [0.15, 0.2) is 0 Å². The van der Waals surface area contributed by atoms with Crippen LogP contribution < -0.4 is 14.8 Å². The number of hydrogen-bond acceptors (Lipinski definition) is 4. The summed E-state index contributed by atoms with van der Waals surface area (Å²) in [6, 6.07) is 11.1. The smallest absolute Gasteiger partial charge is 0.261 e. The molecule has 7 heteroatoms. The van der Waals surface area contributed by atoms with Gasteiger partial charge >= 0.3 is 0 Å². The van der Waals surface area contributed by atoms with Crippen LogP contribution in [0.25, 0.3) is 0 Å². The Morgan fingerprint density at radius 3 is 2.30 bits per heavy atom. The van der Waals surface area contributed by atoms with Crippen LogP contribution in [0.4, 0.5) is 5.69 Å². The average molecular weight is 334 g/mol. The second kappa shape index (κ2) is 6.70. The van der Waals surface area contributed by atoms with E-state index in [1.807, 2.05) is 19.1 Å². The van der Waals surface area contributed by atoms with Crippen molar-refractivity contribution < 1.29 is 17.9 Å². The molecule has 0 radical (unpaired) electrons. The zero-order valence-corrected chi connectivity index (χ0v) is 13.9. The molecule has 0 saturated carbocycles. The molecule has 2 rings (SSSR count). The molecule has 0 aromatic heterocycles. The van der Waals surface area contributed by atoms with Crippen molar-refractivity contribution in [2.75, 3.05) is 18.9 Å². The molecule has 23 heavy (non-hydrogen) atoms. The van der Waals surface area contributed by atoms with Gasteiger partial charge in [0.25, 0.3) is 15.9 Å². The highest BCUT2D eigenvalue weighted by Crippen LogP contribution is 2.24. The number of benzene rings is 2. The van der Waals surface area contributed by atoms with Crippen LogP contribution in [0, 0.1) is 6.92 Å². The minimum Gasteiger partial charge on any atom is -0.496 e. The largest absolute Gasteiger partial charge is 0.496 e. The molecule has 0 atom stereocenters. The van der Waals surface area contributed by atoms with E-state index in [1.165, 1.54) is 32.4 Å². The van der Waals surface area contributed by atoms with Crippen molar-refractivity contribution >= 4 is 21.6 Å². The van der Waals surface area contributed by atoms with Gasteiger partial charge in [0.05, 0.1) is 17.6 Å². The number of anilines is 1. The molecular weight excluding hydrogens is 316 g/mol. The van der Waals surface area contributed by atoms with Crippen molar-refractivity contribution in [3.8, 4) is 5.75 Å². The quantitative estimate of drug-likeness (QED) is 0.877. The van der Waals surface area contributed by atoms with Crippen LogP contribution in [-0.2, 0) is 10.0 Å². The lowest BCUT2D eigenvalue weighted by atomic mass is 10.2. The Labute approximate surface area is 135 Å². The number of carbonyl (C=O) groups is 1. The third kappa shape index (κ3) is 3.81. The second-order valence-corrected chi connectivity index (χ2v) is 6.60. The van der Waals surface area contributed by atoms with Crippen LogP contribution in [0.1, 0.15) is 15.9 Å². The highest BCUT2D eigenvalue weighted by molar-refractivity contribution is 7.92. The predicted molar refractivity (Wildman–Crippen MR) is 88.4 cm³/mol. The lowest BCUT2D eigenvalue weighted by Gasteiger charge is -2.12. The Morgan fingerprint density at radius 2 is 1.74 bits per heavy atom. The summed E-state index contributed by atoms with van der Waals surface area (Å²) < 4.78 is 32.5. The number of hydrogen-bond donors (Lipinski definition) is 2. The fourth-order valence-electron chi connectivity index (χ4n) is 2.00. The molecule has 0 saturated heterocycles. The first-order chi connectivity index (χ1) is 10.9. The van der Waals surface area contributed by atoms with Crippen LogP contribution in [0.3, 0.4) is 0 Å². The molecule has 0 aliphatic rings. The first-order valence-electron chi connectivity index (χ1n) is 6.87. The number of carbonyl (C=O) groups excluding carboxylic acids is 1. The maximum atomic E-state index is 12.5. The van der Waals surface area contributed by atoms with Gasteiger partial charge in [0.1, 0.15) is 5.75 Å². The molecule has 2 aromatic rings. The van der Waals surface area contributed by atoms with Crippen molar-refractivity contribution in [2.45, 2.75) is 11.8 Å². The molecule has 0 bridgehead atoms. The molecule has 0 unspecified atom stereocenters. The highest BCUT2D eigenvalue weighted by Gasteiger charge is 2.19. The second-order valence-electron chi connectivity index (χ2n) is 4.91. The number of sulfonamides is 1. The van der Waals surface area contributed by atoms with Gasteiger partial charge in [-0.2, -0.15) is 0 Å². The Balaban J connectivity index is 2.39. The minimum absolute atomic E-state index is 0.0162. The summed E-state index contributed by atoms with van der Waals surface area (Å²) in [5.74, 6) is -0.118. The van der Waals surface area contributed by atoms with E-state index in [4.69, 9.17) is 4.74 Å². The van der Waals surface area contributed by atoms with Crippen LogP contribution in [0.5, 0.6) is 5.75 Å². The summed E-state index contributed by atoms with van der Waals surface area (Å²) in [7, 11) is -0.918. The molecule has 0 aliphatic carbocycles. The van der Waals surface area contributed by atoms with Crippen molar-refractivity contribution in [1.29, 1.82) is 0 Å². The van der Waals surface area contributed by atoms with Crippen LogP contribution >= 0.6 is 0 Å². The third-order valence-electron chi connectivity index (χ3n) is 3.26. The van der Waals surface area contributed by atoms with Crippen molar-refractivity contribution in [1.82, 2.24) is 5.32 Å². The van der Waals surface area contributed by atoms with E-state index in [1.54, 1.807) is 12.1 Å². The predicted octanol–water partition coefficient (Wildman–Crippen LogP) is 2.16. The van der Waals surface area contributed by atoms with E-state index in [0.29, 0.717) is 11.4 Å². The van der Waals surface area contributed by atoms with Gasteiger partial charge in [-0.15, -0.1) is 0 Å². The molecule has 2 N–H and O–H groups in total. The third-order valence-corrected chi connectivity index (χ3v) is 4.64. The zero-order chi connectivity index (χ0) is 17.0. The van der Waals surface area contributed by atoms with Gasteiger partial charge in [-0.3, -0.25) is 9.52 Å². The summed E-state index contributed by atoms with van der Waals surface area (Å²) in [5, 5.41) is 2.46. The number of methoxy groups -OCH3 is 1. The Hall–Kier alpha value is -2.54. The number of rotatable bonds is 5. The van der Waals surface area contributed by atoms with Gasteiger partial charge in [0.2, 0.25) is 0 Å². The van der Waals surface area contributed by atoms with E-state index < -0.39 is 15.9 Å². The summed E-state index contributed by atoms with van der Waals surface area (Å²) in [5.41, 5.74) is 1.63. The molecule has 0 spiro atoms. The van der Waals surface area contributed by atoms with Gasteiger partial charge in [-0.05, 0) is 37.3 Å². The minimum atomic E-state index is -3.80. The monoisotopic (exact) mass is 334 g/mol. The number of amides is 1. The topological polar surface area (TPSA) is 84.5 Å². The van der Waals surface area contributed by atoms with Gasteiger partial charge in [-0.25, -0.2) is 8.42 Å². The van der Waals surface area contributed by atoms with E-state index in [9.17, 15) is 13.2 Å². The van der Waals surface area contributed by atoms with Crippen LogP contribution in [-0.4, -0.2) is 28.5 Å². The van der Waals surface area contributed by atoms with Gasteiger partial charge in [0, 0.05) is 12.7 Å². The Kier molecular flexibility index (Phi) is 4.90. The molecule has 122 valence electrons. The van der Waals surface area contributed by atoms with Gasteiger partial charge < -0.3 is 10.1 Å². The maximum absolute atomic E-state index is 12.5. The molecular formula is C16H18N2O4S. The fourth-order valence-corrected chi connectivity index (χ4v) is 3.09. The number of aryl methyl sites for hydroxylation is 1. The van der Waals surface area contributed by atoms with Crippen LogP contribution in [0.15, 0.2) is 47.4 Å². The zero-order valence-electron chi connectivity index (χ0n) is 13.1. The summed E-state index contributed by atoms with van der Waals surface area (Å²) in [6.07, 6.45) is 0. The molecule has 1 amide bonds. The highest BCUT2D eigenvalue weighted by atomic mass is 32.2. The van der Waals surface area contributed by atoms with Crippen molar-refractivity contribution in [3.05, 3.63) is 53.6 Å². The maximum Gasteiger partial charge on any atom is 0.261 e. The molecule has 6 nitrogen and oxygen atoms in total.